The minimum atomic E-state index is 0.105. The maximum absolute atomic E-state index is 13.4. The standard InChI is InChI=1S/C23H31N3O/c1-3-12-26-13-10-17(11-14-26)24-23(27)22-18-6-4-5-7-20(18)25-21-9-8-16(2)15-19(21)22/h4-7,16-17H,3,8-15H2,1-2H3,(H,24,27). The van der Waals surface area contributed by atoms with Gasteiger partial charge < -0.3 is 10.2 Å². The van der Waals surface area contributed by atoms with E-state index < -0.39 is 0 Å². The van der Waals surface area contributed by atoms with E-state index in [0.717, 1.165) is 67.4 Å². The van der Waals surface area contributed by atoms with Crippen LogP contribution in [0.4, 0.5) is 0 Å². The Labute approximate surface area is 162 Å². The van der Waals surface area contributed by atoms with Crippen LogP contribution >= 0.6 is 0 Å². The van der Waals surface area contributed by atoms with Crippen LogP contribution < -0.4 is 5.32 Å². The highest BCUT2D eigenvalue weighted by molar-refractivity contribution is 6.07. The number of nitrogens with zero attached hydrogens (tertiary/aromatic N) is 2. The van der Waals surface area contributed by atoms with Gasteiger partial charge in [0, 0.05) is 30.2 Å². The molecule has 1 unspecified atom stereocenters. The number of rotatable bonds is 4. The maximum atomic E-state index is 13.4. The zero-order chi connectivity index (χ0) is 18.8. The Hall–Kier alpha value is -1.94. The minimum absolute atomic E-state index is 0.105. The summed E-state index contributed by atoms with van der Waals surface area (Å²) in [4.78, 5) is 20.8. The fraction of sp³-hybridized carbons (Fsp3) is 0.565. The summed E-state index contributed by atoms with van der Waals surface area (Å²) in [6.07, 6.45) is 6.40. The first-order chi connectivity index (χ1) is 13.2. The van der Waals surface area contributed by atoms with Crippen molar-refractivity contribution in [3.8, 4) is 0 Å². The van der Waals surface area contributed by atoms with Gasteiger partial charge in [0.25, 0.3) is 5.91 Å². The monoisotopic (exact) mass is 365 g/mol. The molecule has 0 bridgehead atoms. The number of likely N-dealkylation sites (tertiary alicyclic amines) is 1. The molecule has 4 rings (SSSR count). The number of aromatic nitrogens is 1. The first kappa shape index (κ1) is 18.4. The number of benzene rings is 1. The van der Waals surface area contributed by atoms with Gasteiger partial charge in [-0.05, 0) is 62.6 Å². The Morgan fingerprint density at radius 3 is 2.78 bits per heavy atom. The molecule has 144 valence electrons. The second kappa shape index (κ2) is 7.97. The van der Waals surface area contributed by atoms with Gasteiger partial charge in [0.2, 0.25) is 0 Å². The number of carbonyl (C=O) groups is 1. The van der Waals surface area contributed by atoms with E-state index in [4.69, 9.17) is 4.98 Å². The van der Waals surface area contributed by atoms with Gasteiger partial charge in [-0.3, -0.25) is 9.78 Å². The lowest BCUT2D eigenvalue weighted by atomic mass is 9.83. The van der Waals surface area contributed by atoms with E-state index in [-0.39, 0.29) is 11.9 Å². The second-order valence-electron chi connectivity index (χ2n) is 8.37. The van der Waals surface area contributed by atoms with Gasteiger partial charge in [-0.2, -0.15) is 0 Å². The summed E-state index contributed by atoms with van der Waals surface area (Å²) in [6.45, 7) is 7.85. The predicted molar refractivity (Wildman–Crippen MR) is 110 cm³/mol. The van der Waals surface area contributed by atoms with Crippen LogP contribution in [0.2, 0.25) is 0 Å². The second-order valence-corrected chi connectivity index (χ2v) is 8.37. The van der Waals surface area contributed by atoms with Crippen molar-refractivity contribution in [1.29, 1.82) is 0 Å². The van der Waals surface area contributed by atoms with Gasteiger partial charge in [-0.15, -0.1) is 0 Å². The molecule has 0 spiro atoms. The number of hydrogen-bond donors (Lipinski definition) is 1. The molecule has 1 amide bonds. The SMILES string of the molecule is CCCN1CCC(NC(=O)c2c3c(nc4ccccc24)CCC(C)C3)CC1. The molecule has 4 heteroatoms. The molecule has 2 heterocycles. The Kier molecular flexibility index (Phi) is 5.44. The summed E-state index contributed by atoms with van der Waals surface area (Å²) in [5, 5.41) is 4.37. The van der Waals surface area contributed by atoms with Crippen LogP contribution in [-0.4, -0.2) is 41.5 Å². The number of piperidine rings is 1. The third-order valence-electron chi connectivity index (χ3n) is 6.20. The largest absolute Gasteiger partial charge is 0.349 e. The molecule has 1 aromatic carbocycles. The molecular weight excluding hydrogens is 334 g/mol. The highest BCUT2D eigenvalue weighted by atomic mass is 16.1. The molecule has 1 aliphatic heterocycles. The molecule has 1 aromatic heterocycles. The predicted octanol–water partition coefficient (Wildman–Crippen LogP) is 3.96. The molecule has 4 nitrogen and oxygen atoms in total. The Balaban J connectivity index is 1.60. The Bertz CT molecular complexity index is 824. The van der Waals surface area contributed by atoms with Crippen molar-refractivity contribution in [2.75, 3.05) is 19.6 Å². The summed E-state index contributed by atoms with van der Waals surface area (Å²) in [5.74, 6) is 0.720. The van der Waals surface area contributed by atoms with Gasteiger partial charge in [0.1, 0.15) is 0 Å². The number of para-hydroxylation sites is 1. The van der Waals surface area contributed by atoms with Gasteiger partial charge in [0.05, 0.1) is 11.1 Å². The first-order valence-electron chi connectivity index (χ1n) is 10.6. The molecule has 1 saturated heterocycles. The van der Waals surface area contributed by atoms with E-state index in [1.54, 1.807) is 0 Å². The fourth-order valence-electron chi connectivity index (χ4n) is 4.70. The lowest BCUT2D eigenvalue weighted by molar-refractivity contribution is 0.0911. The Morgan fingerprint density at radius 1 is 1.22 bits per heavy atom. The van der Waals surface area contributed by atoms with Crippen LogP contribution in [0, 0.1) is 5.92 Å². The average molecular weight is 366 g/mol. The first-order valence-corrected chi connectivity index (χ1v) is 10.6. The summed E-state index contributed by atoms with van der Waals surface area (Å²) < 4.78 is 0. The topological polar surface area (TPSA) is 45.2 Å². The van der Waals surface area contributed by atoms with Crippen molar-refractivity contribution in [2.24, 2.45) is 5.92 Å². The Morgan fingerprint density at radius 2 is 2.00 bits per heavy atom. The van der Waals surface area contributed by atoms with E-state index in [0.29, 0.717) is 5.92 Å². The zero-order valence-electron chi connectivity index (χ0n) is 16.6. The molecular formula is C23H31N3O. The third-order valence-corrected chi connectivity index (χ3v) is 6.20. The molecule has 1 atom stereocenters. The summed E-state index contributed by atoms with van der Waals surface area (Å²) in [6, 6.07) is 8.41. The normalized spacial score (nSPS) is 21.2. The van der Waals surface area contributed by atoms with Crippen LogP contribution in [0.25, 0.3) is 10.9 Å². The zero-order valence-corrected chi connectivity index (χ0v) is 16.6. The molecule has 2 aliphatic rings. The van der Waals surface area contributed by atoms with Crippen molar-refractivity contribution < 1.29 is 4.79 Å². The lowest BCUT2D eigenvalue weighted by Gasteiger charge is -2.32. The van der Waals surface area contributed by atoms with Gasteiger partial charge in [-0.25, -0.2) is 0 Å². The van der Waals surface area contributed by atoms with E-state index in [1.165, 1.54) is 18.5 Å². The summed E-state index contributed by atoms with van der Waals surface area (Å²) >= 11 is 0. The van der Waals surface area contributed by atoms with Crippen LogP contribution in [0.1, 0.15) is 61.1 Å². The molecule has 1 fully saturated rings. The molecule has 0 saturated carbocycles. The quantitative estimate of drug-likeness (QED) is 0.892. The maximum Gasteiger partial charge on any atom is 0.252 e. The van der Waals surface area contributed by atoms with Crippen LogP contribution in [0.15, 0.2) is 24.3 Å². The van der Waals surface area contributed by atoms with Gasteiger partial charge in [0.15, 0.2) is 0 Å². The molecule has 27 heavy (non-hydrogen) atoms. The van der Waals surface area contributed by atoms with Gasteiger partial charge in [-0.1, -0.05) is 32.0 Å². The van der Waals surface area contributed by atoms with E-state index >= 15 is 0 Å². The number of hydrogen-bond acceptors (Lipinski definition) is 3. The van der Waals surface area contributed by atoms with E-state index in [1.807, 2.05) is 18.2 Å². The van der Waals surface area contributed by atoms with Crippen molar-refractivity contribution in [3.05, 3.63) is 41.1 Å². The summed E-state index contributed by atoms with van der Waals surface area (Å²) in [5.41, 5.74) is 4.16. The highest BCUT2D eigenvalue weighted by Gasteiger charge is 2.27. The van der Waals surface area contributed by atoms with Crippen LogP contribution in [-0.2, 0) is 12.8 Å². The third kappa shape index (κ3) is 3.86. The van der Waals surface area contributed by atoms with Crippen molar-refractivity contribution in [3.63, 3.8) is 0 Å². The summed E-state index contributed by atoms with van der Waals surface area (Å²) in [7, 11) is 0. The van der Waals surface area contributed by atoms with Crippen molar-refractivity contribution >= 4 is 16.8 Å². The smallest absolute Gasteiger partial charge is 0.252 e. The highest BCUT2D eigenvalue weighted by Crippen LogP contribution is 2.31. The number of aryl methyl sites for hydroxylation is 1. The lowest BCUT2D eigenvalue weighted by Crippen LogP contribution is -2.45. The van der Waals surface area contributed by atoms with Crippen molar-refractivity contribution in [1.82, 2.24) is 15.2 Å². The number of amides is 1. The molecule has 2 aromatic rings. The number of pyridine rings is 1. The van der Waals surface area contributed by atoms with Crippen molar-refractivity contribution in [2.45, 2.75) is 58.4 Å². The van der Waals surface area contributed by atoms with Crippen LogP contribution in [0.3, 0.4) is 0 Å². The minimum Gasteiger partial charge on any atom is -0.349 e. The number of nitrogens with one attached hydrogen (secondary N) is 1. The van der Waals surface area contributed by atoms with Gasteiger partial charge >= 0.3 is 0 Å². The number of carbonyl (C=O) groups excluding carboxylic acids is 1. The fourth-order valence-corrected chi connectivity index (χ4v) is 4.70. The van der Waals surface area contributed by atoms with E-state index in [2.05, 4.69) is 30.1 Å². The van der Waals surface area contributed by atoms with E-state index in [9.17, 15) is 4.79 Å². The van der Waals surface area contributed by atoms with Crippen LogP contribution in [0.5, 0.6) is 0 Å². The molecule has 1 N–H and O–H groups in total. The number of fused-ring (bicyclic) bond motifs is 2. The average Bonchev–Trinajstić information content (AvgIpc) is 2.68. The molecule has 1 aliphatic carbocycles. The molecule has 0 radical (unpaired) electrons.